The molecule has 0 fully saturated rings. The van der Waals surface area contributed by atoms with Gasteiger partial charge < -0.3 is 0 Å². The molecule has 0 atom stereocenters. The van der Waals surface area contributed by atoms with Crippen LogP contribution in [0.3, 0.4) is 0 Å². The summed E-state index contributed by atoms with van der Waals surface area (Å²) in [4.78, 5) is 21.0. The first-order valence-electron chi connectivity index (χ1n) is 4.37. The van der Waals surface area contributed by atoms with E-state index in [1.165, 1.54) is 17.4 Å². The summed E-state index contributed by atoms with van der Waals surface area (Å²) >= 11 is 5.76. The largest absolute Gasteiger partial charge is 0.274 e. The summed E-state index contributed by atoms with van der Waals surface area (Å²) in [6, 6.07) is 3.48. The maximum Gasteiger partial charge on any atom is 0.237 e. The lowest BCUT2D eigenvalue weighted by Gasteiger charge is -2.15. The molecule has 76 valence electrons. The molecule has 5 heteroatoms. The van der Waals surface area contributed by atoms with Crippen LogP contribution in [0.25, 0.3) is 0 Å². The third-order valence-electron chi connectivity index (χ3n) is 1.93. The van der Waals surface area contributed by atoms with E-state index < -0.39 is 0 Å². The molecule has 2 heterocycles. The minimum absolute atomic E-state index is 0.108. The van der Waals surface area contributed by atoms with Gasteiger partial charge in [0.15, 0.2) is 0 Å². The van der Waals surface area contributed by atoms with Gasteiger partial charge in [-0.1, -0.05) is 11.6 Å². The van der Waals surface area contributed by atoms with Gasteiger partial charge in [-0.3, -0.25) is 14.7 Å². The summed E-state index contributed by atoms with van der Waals surface area (Å²) < 4.78 is 0. The summed E-state index contributed by atoms with van der Waals surface area (Å²) in [5.41, 5.74) is 0.735. The standard InChI is InChI=1S/C10H8ClN3O/c11-8-5-10(15)14(7-13-6-8)9-1-3-12-4-2-9/h1-4,6-7H,5H2. The molecule has 0 aromatic carbocycles. The fourth-order valence-electron chi connectivity index (χ4n) is 1.24. The minimum atomic E-state index is -0.108. The van der Waals surface area contributed by atoms with E-state index in [2.05, 4.69) is 9.98 Å². The van der Waals surface area contributed by atoms with Crippen molar-refractivity contribution >= 4 is 29.5 Å². The van der Waals surface area contributed by atoms with Gasteiger partial charge in [-0.25, -0.2) is 4.99 Å². The Morgan fingerprint density at radius 3 is 2.80 bits per heavy atom. The lowest BCUT2D eigenvalue weighted by molar-refractivity contribution is -0.116. The van der Waals surface area contributed by atoms with Crippen LogP contribution in [0.5, 0.6) is 0 Å². The Kier molecular flexibility index (Phi) is 2.78. The molecule has 2 rings (SSSR count). The number of aromatic nitrogens is 1. The van der Waals surface area contributed by atoms with Crippen LogP contribution < -0.4 is 4.90 Å². The summed E-state index contributed by atoms with van der Waals surface area (Å²) in [6.07, 6.45) is 6.34. The fraction of sp³-hybridized carbons (Fsp3) is 0.100. The van der Waals surface area contributed by atoms with Crippen LogP contribution in [0.2, 0.25) is 0 Å². The van der Waals surface area contributed by atoms with Gasteiger partial charge in [-0.2, -0.15) is 0 Å². The third-order valence-corrected chi connectivity index (χ3v) is 2.16. The Morgan fingerprint density at radius 2 is 2.07 bits per heavy atom. The topological polar surface area (TPSA) is 45.6 Å². The molecular weight excluding hydrogens is 214 g/mol. The fourth-order valence-corrected chi connectivity index (χ4v) is 1.41. The molecule has 0 spiro atoms. The molecule has 1 aromatic rings. The van der Waals surface area contributed by atoms with Crippen LogP contribution in [0.1, 0.15) is 6.42 Å². The molecule has 4 nitrogen and oxygen atoms in total. The highest BCUT2D eigenvalue weighted by Gasteiger charge is 2.16. The van der Waals surface area contributed by atoms with Crippen molar-refractivity contribution in [3.05, 3.63) is 35.8 Å². The number of anilines is 1. The summed E-state index contributed by atoms with van der Waals surface area (Å²) in [7, 11) is 0. The predicted molar refractivity (Wildman–Crippen MR) is 58.8 cm³/mol. The second-order valence-corrected chi connectivity index (χ2v) is 3.47. The Morgan fingerprint density at radius 1 is 1.33 bits per heavy atom. The SMILES string of the molecule is O=C1CC(Cl)=CN=CN1c1ccncc1. The molecule has 1 aromatic heterocycles. The lowest BCUT2D eigenvalue weighted by atomic mass is 10.3. The molecule has 1 amide bonds. The summed E-state index contributed by atoms with van der Waals surface area (Å²) in [6.45, 7) is 0. The average Bonchev–Trinajstić information content (AvgIpc) is 2.40. The van der Waals surface area contributed by atoms with Gasteiger partial charge in [-0.05, 0) is 12.1 Å². The number of halogens is 1. The van der Waals surface area contributed by atoms with Gasteiger partial charge in [0.1, 0.15) is 6.34 Å². The maximum absolute atomic E-state index is 11.7. The number of rotatable bonds is 1. The van der Waals surface area contributed by atoms with Crippen molar-refractivity contribution in [2.75, 3.05) is 4.90 Å². The van der Waals surface area contributed by atoms with E-state index in [1.54, 1.807) is 24.5 Å². The van der Waals surface area contributed by atoms with Gasteiger partial charge in [-0.15, -0.1) is 0 Å². The smallest absolute Gasteiger partial charge is 0.237 e. The van der Waals surface area contributed by atoms with Crippen molar-refractivity contribution in [3.63, 3.8) is 0 Å². The van der Waals surface area contributed by atoms with Crippen LogP contribution >= 0.6 is 11.6 Å². The van der Waals surface area contributed by atoms with Crippen LogP contribution in [-0.2, 0) is 4.79 Å². The molecule has 0 unspecified atom stereocenters. The molecular formula is C10H8ClN3O. The van der Waals surface area contributed by atoms with E-state index in [9.17, 15) is 4.79 Å². The van der Waals surface area contributed by atoms with Crippen molar-refractivity contribution in [1.29, 1.82) is 0 Å². The average molecular weight is 222 g/mol. The van der Waals surface area contributed by atoms with Crippen molar-refractivity contribution in [2.45, 2.75) is 6.42 Å². The molecule has 15 heavy (non-hydrogen) atoms. The number of carbonyl (C=O) groups is 1. The number of aliphatic imine (C=N–C) groups is 1. The highest BCUT2D eigenvalue weighted by atomic mass is 35.5. The van der Waals surface area contributed by atoms with Gasteiger partial charge in [0, 0.05) is 23.6 Å². The molecule has 0 bridgehead atoms. The molecule has 1 aliphatic heterocycles. The molecule has 0 radical (unpaired) electrons. The van der Waals surface area contributed by atoms with E-state index in [0.29, 0.717) is 5.03 Å². The van der Waals surface area contributed by atoms with Crippen molar-refractivity contribution in [3.8, 4) is 0 Å². The number of hydrogen-bond acceptors (Lipinski definition) is 3. The zero-order valence-electron chi connectivity index (χ0n) is 7.80. The first-order chi connectivity index (χ1) is 7.27. The first-order valence-corrected chi connectivity index (χ1v) is 4.75. The number of nitrogens with zero attached hydrogens (tertiary/aromatic N) is 3. The first kappa shape index (κ1) is 9.86. The van der Waals surface area contributed by atoms with E-state index >= 15 is 0 Å². The third kappa shape index (κ3) is 2.22. The van der Waals surface area contributed by atoms with Gasteiger partial charge in [0.2, 0.25) is 5.91 Å². The maximum atomic E-state index is 11.7. The Bertz CT molecular complexity index is 428. The van der Waals surface area contributed by atoms with Crippen LogP contribution in [0.15, 0.2) is 40.8 Å². The van der Waals surface area contributed by atoms with Gasteiger partial charge in [0.05, 0.1) is 12.1 Å². The van der Waals surface area contributed by atoms with Crippen molar-refractivity contribution in [2.24, 2.45) is 4.99 Å². The summed E-state index contributed by atoms with van der Waals surface area (Å²) in [5.74, 6) is -0.108. The molecule has 1 aliphatic rings. The summed E-state index contributed by atoms with van der Waals surface area (Å²) in [5, 5.41) is 0.438. The zero-order valence-corrected chi connectivity index (χ0v) is 8.55. The molecule has 0 aliphatic carbocycles. The molecule has 0 N–H and O–H groups in total. The van der Waals surface area contributed by atoms with Crippen LogP contribution in [0, 0.1) is 0 Å². The predicted octanol–water partition coefficient (Wildman–Crippen LogP) is 1.93. The van der Waals surface area contributed by atoms with E-state index in [0.717, 1.165) is 5.69 Å². The Hall–Kier alpha value is -1.68. The molecule has 0 saturated heterocycles. The molecule has 0 saturated carbocycles. The number of hydrogen-bond donors (Lipinski definition) is 0. The Labute approximate surface area is 91.9 Å². The highest BCUT2D eigenvalue weighted by molar-refractivity contribution is 6.32. The van der Waals surface area contributed by atoms with Gasteiger partial charge in [0.25, 0.3) is 0 Å². The van der Waals surface area contributed by atoms with E-state index in [1.807, 2.05) is 0 Å². The Balaban J connectivity index is 2.29. The second kappa shape index (κ2) is 4.23. The monoisotopic (exact) mass is 221 g/mol. The van der Waals surface area contributed by atoms with Crippen molar-refractivity contribution < 1.29 is 4.79 Å². The zero-order chi connectivity index (χ0) is 10.7. The van der Waals surface area contributed by atoms with Crippen LogP contribution in [-0.4, -0.2) is 17.2 Å². The second-order valence-electron chi connectivity index (χ2n) is 2.99. The van der Waals surface area contributed by atoms with E-state index in [4.69, 9.17) is 11.6 Å². The highest BCUT2D eigenvalue weighted by Crippen LogP contribution is 2.18. The number of pyridine rings is 1. The number of amides is 1. The normalized spacial score (nSPS) is 16.2. The quantitative estimate of drug-likeness (QED) is 0.728. The lowest BCUT2D eigenvalue weighted by Crippen LogP contribution is -2.28. The number of carbonyl (C=O) groups excluding carboxylic acids is 1. The minimum Gasteiger partial charge on any atom is -0.274 e. The van der Waals surface area contributed by atoms with Crippen molar-refractivity contribution in [1.82, 2.24) is 4.98 Å². The van der Waals surface area contributed by atoms with E-state index in [-0.39, 0.29) is 12.3 Å². The van der Waals surface area contributed by atoms with Crippen LogP contribution in [0.4, 0.5) is 5.69 Å². The van der Waals surface area contributed by atoms with Gasteiger partial charge >= 0.3 is 0 Å².